The molecule has 2 aromatic heterocycles. The highest BCUT2D eigenvalue weighted by molar-refractivity contribution is 7.05. The Kier molecular flexibility index (Phi) is 4.02. The minimum atomic E-state index is 0.0755. The molecule has 1 atom stereocenters. The first-order valence-corrected chi connectivity index (χ1v) is 7.96. The first kappa shape index (κ1) is 14.8. The first-order valence-electron chi connectivity index (χ1n) is 7.19. The summed E-state index contributed by atoms with van der Waals surface area (Å²) in [6.45, 7) is 6.85. The van der Waals surface area contributed by atoms with Crippen LogP contribution in [0, 0.1) is 13.8 Å². The van der Waals surface area contributed by atoms with Gasteiger partial charge in [0.15, 0.2) is 0 Å². The van der Waals surface area contributed by atoms with Crippen LogP contribution in [0.3, 0.4) is 0 Å². The fourth-order valence-electron chi connectivity index (χ4n) is 2.51. The summed E-state index contributed by atoms with van der Waals surface area (Å²) >= 11 is 1.38. The lowest BCUT2D eigenvalue weighted by Crippen LogP contribution is -2.44. The molecule has 8 heteroatoms. The van der Waals surface area contributed by atoms with Crippen molar-refractivity contribution >= 4 is 23.3 Å². The molecule has 0 aliphatic carbocycles. The molecule has 1 saturated heterocycles. The topological polar surface area (TPSA) is 83.9 Å². The molecule has 1 N–H and O–H groups in total. The van der Waals surface area contributed by atoms with E-state index in [2.05, 4.69) is 24.9 Å². The molecule has 0 saturated carbocycles. The van der Waals surface area contributed by atoms with Gasteiger partial charge in [-0.3, -0.25) is 4.79 Å². The van der Waals surface area contributed by atoms with Crippen molar-refractivity contribution < 1.29 is 4.79 Å². The second-order valence-electron chi connectivity index (χ2n) is 5.38. The third kappa shape index (κ3) is 2.92. The van der Waals surface area contributed by atoms with E-state index in [1.807, 2.05) is 24.8 Å². The fraction of sp³-hybridized carbons (Fsp3) is 0.500. The Labute approximate surface area is 133 Å². The van der Waals surface area contributed by atoms with Gasteiger partial charge in [-0.25, -0.2) is 9.97 Å². The smallest absolute Gasteiger partial charge is 0.220 e. The highest BCUT2D eigenvalue weighted by atomic mass is 32.1. The Hall–Kier alpha value is -2.09. The SMILES string of the molecule is CC(=O)N1CC[C@@H]1c1cc(NCc2snnc2C)nc(C)n1. The lowest BCUT2D eigenvalue weighted by atomic mass is 9.99. The number of carbonyl (C=O) groups is 1. The van der Waals surface area contributed by atoms with Gasteiger partial charge in [0.2, 0.25) is 5.91 Å². The molecule has 116 valence electrons. The van der Waals surface area contributed by atoms with Gasteiger partial charge in [-0.15, -0.1) is 5.10 Å². The Morgan fingerprint density at radius 2 is 2.27 bits per heavy atom. The minimum absolute atomic E-state index is 0.0755. The Bertz CT molecular complexity index is 700. The molecular formula is C14H18N6OS. The summed E-state index contributed by atoms with van der Waals surface area (Å²) < 4.78 is 3.92. The summed E-state index contributed by atoms with van der Waals surface area (Å²) in [7, 11) is 0. The summed E-state index contributed by atoms with van der Waals surface area (Å²) in [5.74, 6) is 1.56. The molecule has 0 spiro atoms. The predicted molar refractivity (Wildman–Crippen MR) is 83.5 cm³/mol. The standard InChI is InChI=1S/C14H18N6OS/c1-8-13(22-19-18-8)7-15-14-6-11(16-9(2)17-14)12-4-5-20(12)10(3)21/h6,12H,4-5,7H2,1-3H3,(H,15,16,17)/t12-/m1/s1. The lowest BCUT2D eigenvalue weighted by molar-refractivity contribution is -0.136. The van der Waals surface area contributed by atoms with E-state index in [1.165, 1.54) is 11.5 Å². The Morgan fingerprint density at radius 1 is 1.45 bits per heavy atom. The number of amides is 1. The van der Waals surface area contributed by atoms with E-state index in [1.54, 1.807) is 6.92 Å². The summed E-state index contributed by atoms with van der Waals surface area (Å²) in [4.78, 5) is 23.4. The number of hydrogen-bond donors (Lipinski definition) is 1. The molecule has 1 aliphatic rings. The van der Waals surface area contributed by atoms with E-state index < -0.39 is 0 Å². The van der Waals surface area contributed by atoms with Crippen LogP contribution in [0.15, 0.2) is 6.07 Å². The van der Waals surface area contributed by atoms with Gasteiger partial charge >= 0.3 is 0 Å². The van der Waals surface area contributed by atoms with Crippen LogP contribution in [0.2, 0.25) is 0 Å². The molecule has 1 amide bonds. The maximum Gasteiger partial charge on any atom is 0.220 e. The second kappa shape index (κ2) is 5.96. The summed E-state index contributed by atoms with van der Waals surface area (Å²) in [5.41, 5.74) is 1.83. The van der Waals surface area contributed by atoms with E-state index in [0.717, 1.165) is 35.0 Å². The molecule has 22 heavy (non-hydrogen) atoms. The van der Waals surface area contributed by atoms with Crippen molar-refractivity contribution in [3.05, 3.63) is 28.2 Å². The highest BCUT2D eigenvalue weighted by Gasteiger charge is 2.32. The molecule has 0 unspecified atom stereocenters. The van der Waals surface area contributed by atoms with Crippen molar-refractivity contribution in [2.24, 2.45) is 0 Å². The van der Waals surface area contributed by atoms with Gasteiger partial charge in [-0.1, -0.05) is 4.49 Å². The summed E-state index contributed by atoms with van der Waals surface area (Å²) in [6, 6.07) is 2.00. The maximum absolute atomic E-state index is 11.6. The maximum atomic E-state index is 11.6. The van der Waals surface area contributed by atoms with Crippen LogP contribution in [-0.4, -0.2) is 36.9 Å². The number of anilines is 1. The molecule has 2 aromatic rings. The van der Waals surface area contributed by atoms with Crippen molar-refractivity contribution in [2.75, 3.05) is 11.9 Å². The van der Waals surface area contributed by atoms with E-state index in [0.29, 0.717) is 12.4 Å². The highest BCUT2D eigenvalue weighted by Crippen LogP contribution is 2.32. The molecule has 1 fully saturated rings. The van der Waals surface area contributed by atoms with E-state index >= 15 is 0 Å². The van der Waals surface area contributed by atoms with Gasteiger partial charge in [0.25, 0.3) is 0 Å². The summed E-state index contributed by atoms with van der Waals surface area (Å²) in [5, 5.41) is 7.29. The molecule has 0 aromatic carbocycles. The molecular weight excluding hydrogens is 300 g/mol. The van der Waals surface area contributed by atoms with Crippen molar-refractivity contribution in [3.8, 4) is 0 Å². The molecule has 1 aliphatic heterocycles. The normalized spacial score (nSPS) is 17.2. The molecule has 3 rings (SSSR count). The number of aryl methyl sites for hydroxylation is 2. The summed E-state index contributed by atoms with van der Waals surface area (Å²) in [6.07, 6.45) is 0.952. The van der Waals surface area contributed by atoms with Gasteiger partial charge < -0.3 is 10.2 Å². The number of hydrogen-bond acceptors (Lipinski definition) is 7. The Balaban J connectivity index is 1.75. The van der Waals surface area contributed by atoms with Gasteiger partial charge in [-0.2, -0.15) is 0 Å². The largest absolute Gasteiger partial charge is 0.365 e. The molecule has 0 bridgehead atoms. The van der Waals surface area contributed by atoms with Gasteiger partial charge in [0.1, 0.15) is 11.6 Å². The van der Waals surface area contributed by atoms with Crippen LogP contribution in [0.25, 0.3) is 0 Å². The average molecular weight is 318 g/mol. The molecule has 7 nitrogen and oxygen atoms in total. The number of nitrogens with zero attached hydrogens (tertiary/aromatic N) is 5. The van der Waals surface area contributed by atoms with E-state index in [4.69, 9.17) is 0 Å². The zero-order chi connectivity index (χ0) is 15.7. The predicted octanol–water partition coefficient (Wildman–Crippen LogP) is 1.85. The van der Waals surface area contributed by atoms with Crippen LogP contribution >= 0.6 is 11.5 Å². The van der Waals surface area contributed by atoms with Crippen LogP contribution in [0.4, 0.5) is 5.82 Å². The lowest BCUT2D eigenvalue weighted by Gasteiger charge is -2.40. The van der Waals surface area contributed by atoms with Crippen LogP contribution in [-0.2, 0) is 11.3 Å². The third-order valence-corrected chi connectivity index (χ3v) is 4.62. The van der Waals surface area contributed by atoms with Crippen LogP contribution < -0.4 is 5.32 Å². The number of likely N-dealkylation sites (tertiary alicyclic amines) is 1. The van der Waals surface area contributed by atoms with Gasteiger partial charge in [0, 0.05) is 19.5 Å². The quantitative estimate of drug-likeness (QED) is 0.926. The zero-order valence-electron chi connectivity index (χ0n) is 12.8. The van der Waals surface area contributed by atoms with Crippen molar-refractivity contribution in [2.45, 2.75) is 39.8 Å². The van der Waals surface area contributed by atoms with Crippen molar-refractivity contribution in [1.29, 1.82) is 0 Å². The monoisotopic (exact) mass is 318 g/mol. The van der Waals surface area contributed by atoms with Crippen molar-refractivity contribution in [3.63, 3.8) is 0 Å². The van der Waals surface area contributed by atoms with E-state index in [-0.39, 0.29) is 11.9 Å². The first-order chi connectivity index (χ1) is 10.5. The number of nitrogens with one attached hydrogen (secondary N) is 1. The number of carbonyl (C=O) groups excluding carboxylic acids is 1. The number of aromatic nitrogens is 4. The zero-order valence-corrected chi connectivity index (χ0v) is 13.6. The Morgan fingerprint density at radius 3 is 2.86 bits per heavy atom. The molecule has 0 radical (unpaired) electrons. The fourth-order valence-corrected chi connectivity index (χ4v) is 3.08. The van der Waals surface area contributed by atoms with Gasteiger partial charge in [-0.05, 0) is 31.8 Å². The minimum Gasteiger partial charge on any atom is -0.365 e. The second-order valence-corrected chi connectivity index (χ2v) is 6.22. The van der Waals surface area contributed by atoms with Crippen molar-refractivity contribution in [1.82, 2.24) is 24.5 Å². The number of rotatable bonds is 4. The van der Waals surface area contributed by atoms with Crippen LogP contribution in [0.1, 0.15) is 41.5 Å². The van der Waals surface area contributed by atoms with Gasteiger partial charge in [0.05, 0.1) is 28.9 Å². The van der Waals surface area contributed by atoms with E-state index in [9.17, 15) is 4.79 Å². The third-order valence-electron chi connectivity index (χ3n) is 3.80. The average Bonchev–Trinajstić information content (AvgIpc) is 2.79. The molecule has 3 heterocycles. The van der Waals surface area contributed by atoms with Crippen LogP contribution in [0.5, 0.6) is 0 Å².